The lowest BCUT2D eigenvalue weighted by atomic mass is 10.3. The first-order valence-electron chi connectivity index (χ1n) is 4.58. The first-order chi connectivity index (χ1) is 6.86. The summed E-state index contributed by atoms with van der Waals surface area (Å²) in [6.07, 6.45) is 1.69. The van der Waals surface area contributed by atoms with Crippen molar-refractivity contribution < 1.29 is 9.47 Å². The second kappa shape index (κ2) is 6.62. The normalized spacial score (nSPS) is 10.1. The Balaban J connectivity index is 2.34. The first kappa shape index (κ1) is 11.3. The maximum Gasteiger partial charge on any atom is 0.122 e. The van der Waals surface area contributed by atoms with Crippen molar-refractivity contribution in [2.75, 3.05) is 19.8 Å². The van der Waals surface area contributed by atoms with Crippen molar-refractivity contribution >= 4 is 11.6 Å². The molecule has 4 heteroatoms. The van der Waals surface area contributed by atoms with Crippen molar-refractivity contribution in [1.29, 1.82) is 0 Å². The molecule has 14 heavy (non-hydrogen) atoms. The molecule has 0 saturated heterocycles. The van der Waals surface area contributed by atoms with Crippen molar-refractivity contribution in [2.45, 2.75) is 12.8 Å². The van der Waals surface area contributed by atoms with Crippen LogP contribution >= 0.6 is 11.6 Å². The summed E-state index contributed by atoms with van der Waals surface area (Å²) in [5, 5.41) is 0. The van der Waals surface area contributed by atoms with Gasteiger partial charge in [0, 0.05) is 18.9 Å². The van der Waals surface area contributed by atoms with Crippen molar-refractivity contribution in [1.82, 2.24) is 4.98 Å². The Hall–Kier alpha value is -0.800. The van der Waals surface area contributed by atoms with Crippen LogP contribution in [0.1, 0.15) is 12.6 Å². The first-order valence-corrected chi connectivity index (χ1v) is 5.11. The molecular weight excluding hydrogens is 202 g/mol. The molecule has 0 amide bonds. The van der Waals surface area contributed by atoms with Crippen molar-refractivity contribution in [3.63, 3.8) is 0 Å². The molecule has 1 aromatic rings. The highest BCUT2D eigenvalue weighted by Gasteiger charge is 1.96. The van der Waals surface area contributed by atoms with Crippen LogP contribution in [0.25, 0.3) is 0 Å². The highest BCUT2D eigenvalue weighted by atomic mass is 35.5. The Kier molecular flexibility index (Phi) is 5.33. The third-order valence-electron chi connectivity index (χ3n) is 1.63. The standard InChI is InChI=1S/C10H14ClNO2/c1-2-13-5-6-14-10-3-4-12-9(7-10)8-11/h3-4,7H,2,5-6,8H2,1H3. The van der Waals surface area contributed by atoms with Crippen LogP contribution < -0.4 is 4.74 Å². The molecule has 3 nitrogen and oxygen atoms in total. The summed E-state index contributed by atoms with van der Waals surface area (Å²) in [4.78, 5) is 4.06. The van der Waals surface area contributed by atoms with E-state index in [-0.39, 0.29) is 0 Å². The van der Waals surface area contributed by atoms with Crippen molar-refractivity contribution in [3.8, 4) is 5.75 Å². The van der Waals surface area contributed by atoms with E-state index in [0.717, 1.165) is 11.4 Å². The third-order valence-corrected chi connectivity index (χ3v) is 1.90. The number of nitrogens with zero attached hydrogens (tertiary/aromatic N) is 1. The highest BCUT2D eigenvalue weighted by molar-refractivity contribution is 6.16. The number of aromatic nitrogens is 1. The fraction of sp³-hybridized carbons (Fsp3) is 0.500. The van der Waals surface area contributed by atoms with E-state index in [0.29, 0.717) is 25.7 Å². The molecule has 0 aromatic carbocycles. The van der Waals surface area contributed by atoms with Gasteiger partial charge in [0.2, 0.25) is 0 Å². The van der Waals surface area contributed by atoms with Gasteiger partial charge in [-0.2, -0.15) is 0 Å². The molecule has 0 spiro atoms. The lowest BCUT2D eigenvalue weighted by molar-refractivity contribution is 0.110. The van der Waals surface area contributed by atoms with E-state index in [4.69, 9.17) is 21.1 Å². The molecule has 0 bridgehead atoms. The predicted octanol–water partition coefficient (Wildman–Crippen LogP) is 2.24. The van der Waals surface area contributed by atoms with Gasteiger partial charge in [0.1, 0.15) is 12.4 Å². The third kappa shape index (κ3) is 3.94. The number of hydrogen-bond donors (Lipinski definition) is 0. The van der Waals surface area contributed by atoms with Gasteiger partial charge in [-0.1, -0.05) is 0 Å². The average Bonchev–Trinajstić information content (AvgIpc) is 2.25. The quantitative estimate of drug-likeness (QED) is 0.539. The second-order valence-corrected chi connectivity index (χ2v) is 2.93. The number of hydrogen-bond acceptors (Lipinski definition) is 3. The van der Waals surface area contributed by atoms with Crippen LogP contribution in [0.2, 0.25) is 0 Å². The smallest absolute Gasteiger partial charge is 0.122 e. The zero-order chi connectivity index (χ0) is 10.2. The van der Waals surface area contributed by atoms with Crippen LogP contribution in [0, 0.1) is 0 Å². The largest absolute Gasteiger partial charge is 0.491 e. The number of alkyl halides is 1. The lowest BCUT2D eigenvalue weighted by Crippen LogP contribution is -2.06. The molecule has 0 fully saturated rings. The molecular formula is C10H14ClNO2. The summed E-state index contributed by atoms with van der Waals surface area (Å²) < 4.78 is 10.6. The van der Waals surface area contributed by atoms with E-state index in [9.17, 15) is 0 Å². The summed E-state index contributed by atoms with van der Waals surface area (Å²) in [5.74, 6) is 1.19. The van der Waals surface area contributed by atoms with E-state index in [1.54, 1.807) is 6.20 Å². The zero-order valence-electron chi connectivity index (χ0n) is 8.20. The van der Waals surface area contributed by atoms with Gasteiger partial charge in [0.25, 0.3) is 0 Å². The van der Waals surface area contributed by atoms with Crippen molar-refractivity contribution in [2.24, 2.45) is 0 Å². The van der Waals surface area contributed by atoms with Crippen LogP contribution in [0.15, 0.2) is 18.3 Å². The molecule has 78 valence electrons. The van der Waals surface area contributed by atoms with Gasteiger partial charge in [-0.25, -0.2) is 0 Å². The van der Waals surface area contributed by atoms with E-state index < -0.39 is 0 Å². The Morgan fingerprint density at radius 3 is 3.00 bits per heavy atom. The van der Waals surface area contributed by atoms with Gasteiger partial charge in [-0.15, -0.1) is 11.6 Å². The van der Waals surface area contributed by atoms with E-state index >= 15 is 0 Å². The molecule has 0 aliphatic rings. The molecule has 1 aromatic heterocycles. The molecule has 0 aliphatic carbocycles. The van der Waals surface area contributed by atoms with E-state index in [1.807, 2.05) is 19.1 Å². The Bertz CT molecular complexity index is 268. The Labute approximate surface area is 89.0 Å². The van der Waals surface area contributed by atoms with Crippen LogP contribution in [0.5, 0.6) is 5.75 Å². The fourth-order valence-electron chi connectivity index (χ4n) is 0.982. The highest BCUT2D eigenvalue weighted by Crippen LogP contribution is 2.11. The Morgan fingerprint density at radius 2 is 2.29 bits per heavy atom. The van der Waals surface area contributed by atoms with Gasteiger partial charge >= 0.3 is 0 Å². The number of halogens is 1. The summed E-state index contributed by atoms with van der Waals surface area (Å²) in [6, 6.07) is 3.64. The van der Waals surface area contributed by atoms with Crippen molar-refractivity contribution in [3.05, 3.63) is 24.0 Å². The minimum Gasteiger partial charge on any atom is -0.491 e. The number of rotatable bonds is 6. The molecule has 0 N–H and O–H groups in total. The minimum atomic E-state index is 0.405. The second-order valence-electron chi connectivity index (χ2n) is 2.66. The molecule has 0 unspecified atom stereocenters. The van der Waals surface area contributed by atoms with Gasteiger partial charge < -0.3 is 9.47 Å². The van der Waals surface area contributed by atoms with Gasteiger partial charge in [0.05, 0.1) is 18.2 Å². The fourth-order valence-corrected chi connectivity index (χ4v) is 1.13. The van der Waals surface area contributed by atoms with Crippen LogP contribution in [-0.2, 0) is 10.6 Å². The van der Waals surface area contributed by atoms with E-state index in [2.05, 4.69) is 4.98 Å². The monoisotopic (exact) mass is 215 g/mol. The summed E-state index contributed by atoms with van der Waals surface area (Å²) >= 11 is 5.64. The SMILES string of the molecule is CCOCCOc1ccnc(CCl)c1. The summed E-state index contributed by atoms with van der Waals surface area (Å²) in [6.45, 7) is 3.83. The summed E-state index contributed by atoms with van der Waals surface area (Å²) in [7, 11) is 0. The average molecular weight is 216 g/mol. The molecule has 0 atom stereocenters. The number of pyridine rings is 1. The maximum absolute atomic E-state index is 5.64. The van der Waals surface area contributed by atoms with Crippen LogP contribution in [0.4, 0.5) is 0 Å². The summed E-state index contributed by atoms with van der Waals surface area (Å²) in [5.41, 5.74) is 0.820. The number of ether oxygens (including phenoxy) is 2. The molecule has 0 saturated carbocycles. The molecule has 1 heterocycles. The van der Waals surface area contributed by atoms with Crippen LogP contribution in [0.3, 0.4) is 0 Å². The van der Waals surface area contributed by atoms with Gasteiger partial charge in [0.15, 0.2) is 0 Å². The Morgan fingerprint density at radius 1 is 1.43 bits per heavy atom. The molecule has 0 radical (unpaired) electrons. The van der Waals surface area contributed by atoms with E-state index in [1.165, 1.54) is 0 Å². The lowest BCUT2D eigenvalue weighted by Gasteiger charge is -2.06. The maximum atomic E-state index is 5.64. The van der Waals surface area contributed by atoms with Gasteiger partial charge in [-0.05, 0) is 13.0 Å². The topological polar surface area (TPSA) is 31.4 Å². The zero-order valence-corrected chi connectivity index (χ0v) is 8.96. The predicted molar refractivity (Wildman–Crippen MR) is 55.8 cm³/mol. The molecule has 0 aliphatic heterocycles. The van der Waals surface area contributed by atoms with Gasteiger partial charge in [-0.3, -0.25) is 4.98 Å². The minimum absolute atomic E-state index is 0.405. The molecule has 1 rings (SSSR count). The van der Waals surface area contributed by atoms with Crippen LogP contribution in [-0.4, -0.2) is 24.8 Å².